The summed E-state index contributed by atoms with van der Waals surface area (Å²) >= 11 is 0. The minimum Gasteiger partial charge on any atom is -0.393 e. The van der Waals surface area contributed by atoms with Crippen LogP contribution >= 0.6 is 0 Å². The van der Waals surface area contributed by atoms with Crippen molar-refractivity contribution in [3.63, 3.8) is 0 Å². The lowest BCUT2D eigenvalue weighted by Crippen LogP contribution is -2.32. The van der Waals surface area contributed by atoms with Crippen LogP contribution in [-0.2, 0) is 0 Å². The number of fused-ring (bicyclic) bond motifs is 1. The first-order valence-corrected chi connectivity index (χ1v) is 6.79. The predicted octanol–water partition coefficient (Wildman–Crippen LogP) is 2.16. The van der Waals surface area contributed by atoms with E-state index in [0.717, 1.165) is 16.7 Å². The van der Waals surface area contributed by atoms with Crippen LogP contribution in [0.5, 0.6) is 0 Å². The molecule has 1 unspecified atom stereocenters. The van der Waals surface area contributed by atoms with Gasteiger partial charge in [-0.15, -0.1) is 0 Å². The van der Waals surface area contributed by atoms with Crippen LogP contribution < -0.4 is 4.90 Å². The van der Waals surface area contributed by atoms with Gasteiger partial charge in [-0.3, -0.25) is 0 Å². The van der Waals surface area contributed by atoms with E-state index < -0.39 is 12.3 Å². The van der Waals surface area contributed by atoms with Gasteiger partial charge < -0.3 is 10.0 Å². The lowest BCUT2D eigenvalue weighted by atomic mass is 10.1. The fourth-order valence-corrected chi connectivity index (χ4v) is 2.70. The molecule has 0 saturated carbocycles. The zero-order valence-electron chi connectivity index (χ0n) is 11.7. The number of rotatable bonds is 2. The molecular formula is C15H18FN3O. The predicted molar refractivity (Wildman–Crippen MR) is 76.8 cm³/mol. The maximum absolute atomic E-state index is 14.2. The van der Waals surface area contributed by atoms with Gasteiger partial charge in [-0.05, 0) is 37.1 Å². The molecule has 1 aromatic carbocycles. The number of nitrogens with zero attached hydrogens (tertiary/aromatic N) is 3. The Hall–Kier alpha value is -1.75. The molecular weight excluding hydrogens is 257 g/mol. The lowest BCUT2D eigenvalue weighted by molar-refractivity contribution is 0.0909. The summed E-state index contributed by atoms with van der Waals surface area (Å²) in [6.07, 6.45) is 1.85. The van der Waals surface area contributed by atoms with Crippen molar-refractivity contribution in [2.75, 3.05) is 24.6 Å². The van der Waals surface area contributed by atoms with Crippen molar-refractivity contribution in [2.24, 2.45) is 0 Å². The molecule has 1 aromatic heterocycles. The molecule has 4 nitrogen and oxygen atoms in total. The molecule has 3 rings (SSSR count). The van der Waals surface area contributed by atoms with Crippen molar-refractivity contribution >= 4 is 16.7 Å². The van der Waals surface area contributed by atoms with Crippen molar-refractivity contribution in [2.45, 2.75) is 25.9 Å². The summed E-state index contributed by atoms with van der Waals surface area (Å²) < 4.78 is 14.2. The molecule has 0 bridgehead atoms. The van der Waals surface area contributed by atoms with Gasteiger partial charge in [0.25, 0.3) is 0 Å². The molecule has 0 amide bonds. The largest absolute Gasteiger partial charge is 0.393 e. The molecule has 0 spiro atoms. The molecule has 106 valence electrons. The maximum atomic E-state index is 14.2. The summed E-state index contributed by atoms with van der Waals surface area (Å²) in [6.45, 7) is 4.40. The summed E-state index contributed by atoms with van der Waals surface area (Å²) in [5.41, 5.74) is 1.70. The standard InChI is InChI=1S/C15H18FN3O/c1-10-5-12-13(6-11(10)2)17-9-18-14(12)19-4-3-15(16,7-19)8-20/h5-6,9,20H,3-4,7-8H2,1-2H3. The van der Waals surface area contributed by atoms with Crippen LogP contribution in [-0.4, -0.2) is 40.4 Å². The Kier molecular flexibility index (Phi) is 3.09. The summed E-state index contributed by atoms with van der Waals surface area (Å²) in [7, 11) is 0. The highest BCUT2D eigenvalue weighted by Crippen LogP contribution is 2.32. The Morgan fingerprint density at radius 1 is 1.30 bits per heavy atom. The second-order valence-corrected chi connectivity index (χ2v) is 5.63. The van der Waals surface area contributed by atoms with Crippen molar-refractivity contribution in [3.05, 3.63) is 29.6 Å². The van der Waals surface area contributed by atoms with Gasteiger partial charge in [-0.2, -0.15) is 0 Å². The first kappa shape index (κ1) is 13.2. The van der Waals surface area contributed by atoms with Gasteiger partial charge >= 0.3 is 0 Å². The van der Waals surface area contributed by atoms with Crippen LogP contribution in [0.15, 0.2) is 18.5 Å². The second-order valence-electron chi connectivity index (χ2n) is 5.63. The molecule has 20 heavy (non-hydrogen) atoms. The Bertz CT molecular complexity index is 661. The quantitative estimate of drug-likeness (QED) is 0.912. The van der Waals surface area contributed by atoms with Gasteiger partial charge in [0.2, 0.25) is 0 Å². The van der Waals surface area contributed by atoms with Crippen molar-refractivity contribution in [3.8, 4) is 0 Å². The van der Waals surface area contributed by atoms with Crippen LogP contribution in [0.25, 0.3) is 10.9 Å². The minimum absolute atomic E-state index is 0.183. The summed E-state index contributed by atoms with van der Waals surface area (Å²) in [5, 5.41) is 10.1. The van der Waals surface area contributed by atoms with E-state index in [9.17, 15) is 4.39 Å². The third-order valence-electron chi connectivity index (χ3n) is 4.12. The van der Waals surface area contributed by atoms with E-state index in [0.29, 0.717) is 13.0 Å². The van der Waals surface area contributed by atoms with E-state index in [4.69, 9.17) is 5.11 Å². The molecule has 0 aliphatic carbocycles. The third-order valence-corrected chi connectivity index (χ3v) is 4.12. The van der Waals surface area contributed by atoms with Gasteiger partial charge in [0, 0.05) is 18.4 Å². The number of aliphatic hydroxyl groups is 1. The van der Waals surface area contributed by atoms with E-state index in [1.54, 1.807) is 0 Å². The fourth-order valence-electron chi connectivity index (χ4n) is 2.70. The number of aromatic nitrogens is 2. The monoisotopic (exact) mass is 275 g/mol. The zero-order valence-corrected chi connectivity index (χ0v) is 11.7. The molecule has 0 radical (unpaired) electrons. The Balaban J connectivity index is 2.06. The molecule has 1 aliphatic rings. The third kappa shape index (κ3) is 2.12. The number of aryl methyl sites for hydroxylation is 2. The summed E-state index contributed by atoms with van der Waals surface area (Å²) in [5.74, 6) is 0.756. The van der Waals surface area contributed by atoms with E-state index >= 15 is 0 Å². The smallest absolute Gasteiger partial charge is 0.152 e. The maximum Gasteiger partial charge on any atom is 0.152 e. The number of aliphatic hydroxyl groups excluding tert-OH is 1. The minimum atomic E-state index is -1.52. The highest BCUT2D eigenvalue weighted by Gasteiger charge is 2.38. The number of hydrogen-bond donors (Lipinski definition) is 1. The number of benzene rings is 1. The van der Waals surface area contributed by atoms with Crippen LogP contribution in [0.4, 0.5) is 10.2 Å². The van der Waals surface area contributed by atoms with Crippen LogP contribution in [0.2, 0.25) is 0 Å². The number of alkyl halides is 1. The van der Waals surface area contributed by atoms with Crippen molar-refractivity contribution in [1.82, 2.24) is 9.97 Å². The zero-order chi connectivity index (χ0) is 14.3. The highest BCUT2D eigenvalue weighted by atomic mass is 19.1. The Morgan fingerprint density at radius 2 is 2.05 bits per heavy atom. The molecule has 2 aromatic rings. The lowest BCUT2D eigenvalue weighted by Gasteiger charge is -2.21. The van der Waals surface area contributed by atoms with Crippen molar-refractivity contribution < 1.29 is 9.50 Å². The van der Waals surface area contributed by atoms with Crippen molar-refractivity contribution in [1.29, 1.82) is 0 Å². The van der Waals surface area contributed by atoms with Crippen LogP contribution in [0.1, 0.15) is 17.5 Å². The number of hydrogen-bond acceptors (Lipinski definition) is 4. The van der Waals surface area contributed by atoms with Crippen LogP contribution in [0.3, 0.4) is 0 Å². The molecule has 1 N–H and O–H groups in total. The second kappa shape index (κ2) is 4.66. The first-order chi connectivity index (χ1) is 9.52. The van der Waals surface area contributed by atoms with Crippen LogP contribution in [0, 0.1) is 13.8 Å². The van der Waals surface area contributed by atoms with E-state index in [2.05, 4.69) is 16.0 Å². The average Bonchev–Trinajstić information content (AvgIpc) is 2.83. The molecule has 5 heteroatoms. The number of anilines is 1. The first-order valence-electron chi connectivity index (χ1n) is 6.79. The van der Waals surface area contributed by atoms with E-state index in [1.807, 2.05) is 24.8 Å². The molecule has 1 aliphatic heterocycles. The average molecular weight is 275 g/mol. The number of halogens is 1. The molecule has 2 heterocycles. The summed E-state index contributed by atoms with van der Waals surface area (Å²) in [4.78, 5) is 10.5. The van der Waals surface area contributed by atoms with Gasteiger partial charge in [-0.1, -0.05) is 0 Å². The van der Waals surface area contributed by atoms with Gasteiger partial charge in [0.05, 0.1) is 18.7 Å². The normalized spacial score (nSPS) is 22.7. The highest BCUT2D eigenvalue weighted by molar-refractivity contribution is 5.90. The molecule has 1 atom stereocenters. The van der Waals surface area contributed by atoms with E-state index in [-0.39, 0.29) is 6.54 Å². The Labute approximate surface area is 117 Å². The van der Waals surface area contributed by atoms with Gasteiger partial charge in [-0.25, -0.2) is 14.4 Å². The SMILES string of the molecule is Cc1cc2ncnc(N3CCC(F)(CO)C3)c2cc1C. The fraction of sp³-hybridized carbons (Fsp3) is 0.467. The topological polar surface area (TPSA) is 49.2 Å². The Morgan fingerprint density at radius 3 is 2.75 bits per heavy atom. The molecule has 1 fully saturated rings. The van der Waals surface area contributed by atoms with E-state index in [1.165, 1.54) is 17.5 Å². The van der Waals surface area contributed by atoms with Gasteiger partial charge in [0.1, 0.15) is 12.1 Å². The molecule has 1 saturated heterocycles. The van der Waals surface area contributed by atoms with Gasteiger partial charge in [0.15, 0.2) is 5.67 Å². The summed E-state index contributed by atoms with van der Waals surface area (Å²) in [6, 6.07) is 4.08.